The lowest BCUT2D eigenvalue weighted by molar-refractivity contribution is -0.128. The Kier molecular flexibility index (Phi) is 4.17. The molecule has 0 aromatic heterocycles. The SMILES string of the molecule is Cc1cccc(C(=O)C(O)(O)c2ccccc2)c1S(=O)(=O)O. The van der Waals surface area contributed by atoms with Crippen LogP contribution in [0.2, 0.25) is 0 Å². The summed E-state index contributed by atoms with van der Waals surface area (Å²) in [5.74, 6) is -4.15. The number of carbonyl (C=O) groups excluding carboxylic acids is 1. The van der Waals surface area contributed by atoms with Crippen molar-refractivity contribution in [2.24, 2.45) is 0 Å². The Morgan fingerprint density at radius 2 is 1.59 bits per heavy atom. The molecule has 0 saturated carbocycles. The molecule has 0 radical (unpaired) electrons. The Labute approximate surface area is 127 Å². The van der Waals surface area contributed by atoms with E-state index in [0.717, 1.165) is 6.07 Å². The van der Waals surface area contributed by atoms with Gasteiger partial charge < -0.3 is 10.2 Å². The summed E-state index contributed by atoms with van der Waals surface area (Å²) >= 11 is 0. The van der Waals surface area contributed by atoms with Crippen molar-refractivity contribution in [2.75, 3.05) is 0 Å². The molecule has 22 heavy (non-hydrogen) atoms. The predicted octanol–water partition coefficient (Wildman–Crippen LogP) is 1.26. The standard InChI is InChI=1S/C15H14O6S/c1-10-6-5-9-12(13(10)22(19,20)21)14(16)15(17,18)11-7-3-2-4-8-11/h2-9,17-18H,1H3,(H,19,20,21). The minimum Gasteiger partial charge on any atom is -0.356 e. The summed E-state index contributed by atoms with van der Waals surface area (Å²) < 4.78 is 32.3. The van der Waals surface area contributed by atoms with Gasteiger partial charge in [0.1, 0.15) is 4.90 Å². The number of aryl methyl sites for hydroxylation is 1. The van der Waals surface area contributed by atoms with Crippen LogP contribution in [-0.4, -0.2) is 29.0 Å². The second-order valence-corrected chi connectivity index (χ2v) is 6.15. The van der Waals surface area contributed by atoms with Crippen LogP contribution in [0.25, 0.3) is 0 Å². The highest BCUT2D eigenvalue weighted by molar-refractivity contribution is 7.86. The molecule has 0 fully saturated rings. The van der Waals surface area contributed by atoms with Crippen molar-refractivity contribution < 1.29 is 28.0 Å². The van der Waals surface area contributed by atoms with E-state index in [0.29, 0.717) is 0 Å². The van der Waals surface area contributed by atoms with Crippen LogP contribution in [0, 0.1) is 6.92 Å². The lowest BCUT2D eigenvalue weighted by Gasteiger charge is -2.22. The third-order valence-corrected chi connectivity index (χ3v) is 4.27. The fraction of sp³-hybridized carbons (Fsp3) is 0.133. The Bertz CT molecular complexity index is 809. The first-order chi connectivity index (χ1) is 10.2. The van der Waals surface area contributed by atoms with Gasteiger partial charge in [0.05, 0.1) is 0 Å². The molecule has 0 aliphatic heterocycles. The molecule has 2 rings (SSSR count). The molecular weight excluding hydrogens is 308 g/mol. The van der Waals surface area contributed by atoms with Gasteiger partial charge in [0.2, 0.25) is 5.78 Å². The van der Waals surface area contributed by atoms with Crippen LogP contribution >= 0.6 is 0 Å². The summed E-state index contributed by atoms with van der Waals surface area (Å²) in [6, 6.07) is 11.2. The lowest BCUT2D eigenvalue weighted by atomic mass is 9.95. The van der Waals surface area contributed by atoms with Gasteiger partial charge in [0.15, 0.2) is 0 Å². The minimum absolute atomic E-state index is 0.109. The number of rotatable bonds is 4. The largest absolute Gasteiger partial charge is 0.356 e. The van der Waals surface area contributed by atoms with Crippen LogP contribution in [0.4, 0.5) is 0 Å². The minimum atomic E-state index is -4.69. The first kappa shape index (κ1) is 16.3. The first-order valence-corrected chi connectivity index (χ1v) is 7.72. The van der Waals surface area contributed by atoms with Crippen LogP contribution in [-0.2, 0) is 15.9 Å². The zero-order chi connectivity index (χ0) is 16.5. The van der Waals surface area contributed by atoms with Gasteiger partial charge in [-0.25, -0.2) is 0 Å². The number of hydrogen-bond donors (Lipinski definition) is 3. The fourth-order valence-corrected chi connectivity index (χ4v) is 3.08. The summed E-state index contributed by atoms with van der Waals surface area (Å²) in [7, 11) is -4.69. The van der Waals surface area contributed by atoms with Gasteiger partial charge in [0, 0.05) is 11.1 Å². The number of carbonyl (C=O) groups is 1. The summed E-state index contributed by atoms with van der Waals surface area (Å²) in [6.07, 6.45) is 0. The van der Waals surface area contributed by atoms with Crippen molar-refractivity contribution in [3.8, 4) is 0 Å². The number of benzene rings is 2. The number of Topliss-reactive ketones (excluding diaryl/α,β-unsaturated/α-hetero) is 1. The van der Waals surface area contributed by atoms with Gasteiger partial charge in [-0.15, -0.1) is 0 Å². The van der Waals surface area contributed by atoms with Crippen LogP contribution in [0.1, 0.15) is 21.5 Å². The maximum atomic E-state index is 12.4. The highest BCUT2D eigenvalue weighted by atomic mass is 32.2. The van der Waals surface area contributed by atoms with Crippen molar-refractivity contribution in [3.05, 3.63) is 65.2 Å². The molecule has 0 bridgehead atoms. The summed E-state index contributed by atoms with van der Waals surface area (Å²) in [6.45, 7) is 1.39. The highest BCUT2D eigenvalue weighted by Gasteiger charge is 2.39. The van der Waals surface area contributed by atoms with Crippen molar-refractivity contribution in [2.45, 2.75) is 17.6 Å². The second-order valence-electron chi connectivity index (χ2n) is 4.79. The van der Waals surface area contributed by atoms with Crippen molar-refractivity contribution >= 4 is 15.9 Å². The van der Waals surface area contributed by atoms with Crippen LogP contribution in [0.15, 0.2) is 53.4 Å². The van der Waals surface area contributed by atoms with Crippen molar-refractivity contribution in [1.82, 2.24) is 0 Å². The average Bonchev–Trinajstić information content (AvgIpc) is 2.45. The molecule has 6 nitrogen and oxygen atoms in total. The lowest BCUT2D eigenvalue weighted by Crippen LogP contribution is -2.36. The number of hydrogen-bond acceptors (Lipinski definition) is 5. The smallest absolute Gasteiger partial charge is 0.295 e. The third kappa shape index (κ3) is 2.93. The third-order valence-electron chi connectivity index (χ3n) is 3.21. The van der Waals surface area contributed by atoms with E-state index in [9.17, 15) is 28.0 Å². The van der Waals surface area contributed by atoms with E-state index in [-0.39, 0.29) is 11.1 Å². The molecule has 0 saturated heterocycles. The normalized spacial score (nSPS) is 12.2. The summed E-state index contributed by atoms with van der Waals surface area (Å²) in [4.78, 5) is 11.8. The molecule has 0 unspecified atom stereocenters. The first-order valence-electron chi connectivity index (χ1n) is 6.28. The summed E-state index contributed by atoms with van der Waals surface area (Å²) in [5, 5.41) is 20.2. The van der Waals surface area contributed by atoms with Gasteiger partial charge in [-0.05, 0) is 18.6 Å². The zero-order valence-corrected chi connectivity index (χ0v) is 12.4. The van der Waals surface area contributed by atoms with Crippen LogP contribution < -0.4 is 0 Å². The van der Waals surface area contributed by atoms with E-state index in [1.54, 1.807) is 6.07 Å². The van der Waals surface area contributed by atoms with E-state index in [4.69, 9.17) is 0 Å². The molecule has 2 aromatic rings. The van der Waals surface area contributed by atoms with E-state index in [1.807, 2.05) is 0 Å². The van der Waals surface area contributed by atoms with Crippen LogP contribution in [0.5, 0.6) is 0 Å². The Balaban J connectivity index is 2.63. The molecule has 0 atom stereocenters. The van der Waals surface area contributed by atoms with Gasteiger partial charge in [0.25, 0.3) is 15.9 Å². The predicted molar refractivity (Wildman–Crippen MR) is 77.9 cm³/mol. The molecule has 3 N–H and O–H groups in total. The fourth-order valence-electron chi connectivity index (χ4n) is 2.16. The highest BCUT2D eigenvalue weighted by Crippen LogP contribution is 2.28. The average molecular weight is 322 g/mol. The molecular formula is C15H14O6S. The number of aliphatic hydroxyl groups is 2. The van der Waals surface area contributed by atoms with E-state index in [2.05, 4.69) is 0 Å². The quantitative estimate of drug-likeness (QED) is 0.444. The summed E-state index contributed by atoms with van der Waals surface area (Å²) in [5.41, 5.74) is -0.476. The van der Waals surface area contributed by atoms with Crippen molar-refractivity contribution in [3.63, 3.8) is 0 Å². The molecule has 7 heteroatoms. The molecule has 0 amide bonds. The zero-order valence-electron chi connectivity index (χ0n) is 11.6. The van der Waals surface area contributed by atoms with Gasteiger partial charge in [-0.2, -0.15) is 8.42 Å². The van der Waals surface area contributed by atoms with Gasteiger partial charge in [-0.1, -0.05) is 42.5 Å². The Morgan fingerprint density at radius 3 is 2.14 bits per heavy atom. The second kappa shape index (κ2) is 5.62. The van der Waals surface area contributed by atoms with Gasteiger partial charge in [-0.3, -0.25) is 9.35 Å². The Hall–Kier alpha value is -2.06. The molecule has 0 spiro atoms. The molecule has 2 aromatic carbocycles. The van der Waals surface area contributed by atoms with Crippen LogP contribution in [0.3, 0.4) is 0 Å². The van der Waals surface area contributed by atoms with E-state index in [1.165, 1.54) is 43.3 Å². The molecule has 0 heterocycles. The monoisotopic (exact) mass is 322 g/mol. The molecule has 0 aliphatic rings. The van der Waals surface area contributed by atoms with Crippen molar-refractivity contribution in [1.29, 1.82) is 0 Å². The van der Waals surface area contributed by atoms with E-state index >= 15 is 0 Å². The topological polar surface area (TPSA) is 112 Å². The van der Waals surface area contributed by atoms with E-state index < -0.39 is 32.1 Å². The molecule has 116 valence electrons. The number of ketones is 1. The van der Waals surface area contributed by atoms with Gasteiger partial charge >= 0.3 is 0 Å². The maximum absolute atomic E-state index is 12.4. The Morgan fingerprint density at radius 1 is 1.00 bits per heavy atom. The molecule has 0 aliphatic carbocycles. The maximum Gasteiger partial charge on any atom is 0.295 e.